The third-order valence-corrected chi connectivity index (χ3v) is 5.43. The van der Waals surface area contributed by atoms with Gasteiger partial charge in [-0.2, -0.15) is 0 Å². The summed E-state index contributed by atoms with van der Waals surface area (Å²) >= 11 is 0. The number of nitrogens with zero attached hydrogens (tertiary/aromatic N) is 2. The summed E-state index contributed by atoms with van der Waals surface area (Å²) in [5.74, 6) is 1.33. The van der Waals surface area contributed by atoms with E-state index in [0.717, 1.165) is 35.5 Å². The summed E-state index contributed by atoms with van der Waals surface area (Å²) < 4.78 is 2.07. The van der Waals surface area contributed by atoms with Crippen LogP contribution >= 0.6 is 24.8 Å². The Kier molecular flexibility index (Phi) is 7.47. The van der Waals surface area contributed by atoms with Crippen LogP contribution in [0.1, 0.15) is 24.4 Å². The molecule has 7 heteroatoms. The number of rotatable bonds is 5. The van der Waals surface area contributed by atoms with Crippen molar-refractivity contribution in [3.8, 4) is 0 Å². The number of nitrogens with one attached hydrogen (secondary N) is 2. The smallest absolute Gasteiger partial charge is 0.224 e. The number of halogens is 2. The van der Waals surface area contributed by atoms with Crippen LogP contribution in [0.5, 0.6) is 0 Å². The lowest BCUT2D eigenvalue weighted by Gasteiger charge is -2.32. The summed E-state index contributed by atoms with van der Waals surface area (Å²) in [6.07, 6.45) is 0. The number of imidazole rings is 1. The molecule has 2 aromatic carbocycles. The molecule has 1 fully saturated rings. The molecule has 1 aliphatic rings. The second-order valence-electron chi connectivity index (χ2n) is 7.08. The van der Waals surface area contributed by atoms with Crippen LogP contribution in [-0.4, -0.2) is 28.5 Å². The standard InChI is InChI=1S/C21H24N4O.2ClH/c1-14(16-12-22-13-16)21(26)24-19(15-8-4-3-5-9-15)20-23-17-10-6-7-11-18(17)25(20)2;;/h3-11,14,16,19,22H,12-13H2,1-2H3,(H,24,26);2*1H. The van der Waals surface area contributed by atoms with E-state index in [4.69, 9.17) is 4.98 Å². The topological polar surface area (TPSA) is 59.0 Å². The summed E-state index contributed by atoms with van der Waals surface area (Å²) in [5.41, 5.74) is 3.04. The Morgan fingerprint density at radius 3 is 2.36 bits per heavy atom. The fraction of sp³-hybridized carbons (Fsp3) is 0.333. The van der Waals surface area contributed by atoms with Gasteiger partial charge in [0.25, 0.3) is 0 Å². The molecule has 150 valence electrons. The summed E-state index contributed by atoms with van der Waals surface area (Å²) in [7, 11) is 2.01. The van der Waals surface area contributed by atoms with Crippen LogP contribution in [0.25, 0.3) is 11.0 Å². The third kappa shape index (κ3) is 4.17. The van der Waals surface area contributed by atoms with Crippen LogP contribution in [0.2, 0.25) is 0 Å². The first-order valence-corrected chi connectivity index (χ1v) is 9.12. The summed E-state index contributed by atoms with van der Waals surface area (Å²) in [5, 5.41) is 6.49. The molecular weight excluding hydrogens is 395 g/mol. The first-order chi connectivity index (χ1) is 12.6. The molecule has 1 amide bonds. The molecule has 1 aromatic heterocycles. The van der Waals surface area contributed by atoms with Crippen LogP contribution in [-0.2, 0) is 11.8 Å². The molecule has 2 N–H and O–H groups in total. The van der Waals surface area contributed by atoms with Crippen molar-refractivity contribution in [3.05, 3.63) is 66.0 Å². The molecule has 5 nitrogen and oxygen atoms in total. The second-order valence-corrected chi connectivity index (χ2v) is 7.08. The number of aromatic nitrogens is 2. The number of fused-ring (bicyclic) bond motifs is 1. The monoisotopic (exact) mass is 420 g/mol. The van der Waals surface area contributed by atoms with Crippen molar-refractivity contribution >= 4 is 41.8 Å². The lowest BCUT2D eigenvalue weighted by atomic mass is 9.88. The minimum Gasteiger partial charge on any atom is -0.342 e. The Morgan fingerprint density at radius 1 is 1.11 bits per heavy atom. The van der Waals surface area contributed by atoms with E-state index in [0.29, 0.717) is 5.92 Å². The zero-order valence-corrected chi connectivity index (χ0v) is 17.6. The largest absolute Gasteiger partial charge is 0.342 e. The molecule has 2 atom stereocenters. The SMILES string of the molecule is CC(C(=O)NC(c1ccccc1)c1nc2ccccc2n1C)C1CNC1.Cl.Cl. The highest BCUT2D eigenvalue weighted by Gasteiger charge is 2.31. The third-order valence-electron chi connectivity index (χ3n) is 5.43. The Labute approximate surface area is 177 Å². The molecule has 0 spiro atoms. The maximum absolute atomic E-state index is 12.9. The van der Waals surface area contributed by atoms with E-state index in [1.54, 1.807) is 0 Å². The van der Waals surface area contributed by atoms with E-state index in [9.17, 15) is 4.79 Å². The number of hydrogen-bond acceptors (Lipinski definition) is 3. The van der Waals surface area contributed by atoms with Crippen molar-refractivity contribution in [1.82, 2.24) is 20.2 Å². The van der Waals surface area contributed by atoms with Crippen LogP contribution in [0.4, 0.5) is 0 Å². The number of amides is 1. The molecule has 1 saturated heterocycles. The van der Waals surface area contributed by atoms with E-state index in [1.807, 2.05) is 62.5 Å². The van der Waals surface area contributed by atoms with Gasteiger partial charge < -0.3 is 15.2 Å². The highest BCUT2D eigenvalue weighted by atomic mass is 35.5. The van der Waals surface area contributed by atoms with Crippen LogP contribution in [0, 0.1) is 11.8 Å². The van der Waals surface area contributed by atoms with E-state index in [2.05, 4.69) is 21.3 Å². The zero-order valence-electron chi connectivity index (χ0n) is 16.0. The van der Waals surface area contributed by atoms with Gasteiger partial charge in [-0.15, -0.1) is 24.8 Å². The first kappa shape index (κ1) is 22.2. The van der Waals surface area contributed by atoms with E-state index in [1.165, 1.54) is 0 Å². The van der Waals surface area contributed by atoms with E-state index < -0.39 is 0 Å². The fourth-order valence-electron chi connectivity index (χ4n) is 3.52. The van der Waals surface area contributed by atoms with Crippen molar-refractivity contribution in [3.63, 3.8) is 0 Å². The molecular formula is C21H26Cl2N4O. The molecule has 0 aliphatic carbocycles. The van der Waals surface area contributed by atoms with Gasteiger partial charge in [-0.1, -0.05) is 49.4 Å². The molecule has 2 heterocycles. The van der Waals surface area contributed by atoms with Gasteiger partial charge in [-0.05, 0) is 36.7 Å². The maximum Gasteiger partial charge on any atom is 0.224 e. The molecule has 3 aromatic rings. The lowest BCUT2D eigenvalue weighted by Crippen LogP contribution is -2.50. The zero-order chi connectivity index (χ0) is 18.1. The Bertz CT molecular complexity index is 925. The Balaban J connectivity index is 0.00000140. The number of carbonyl (C=O) groups excluding carboxylic acids is 1. The molecule has 0 radical (unpaired) electrons. The Morgan fingerprint density at radius 2 is 1.75 bits per heavy atom. The van der Waals surface area contributed by atoms with E-state index in [-0.39, 0.29) is 42.7 Å². The van der Waals surface area contributed by atoms with Crippen molar-refractivity contribution in [2.45, 2.75) is 13.0 Å². The molecule has 28 heavy (non-hydrogen) atoms. The predicted octanol–water partition coefficient (Wildman–Crippen LogP) is 3.48. The first-order valence-electron chi connectivity index (χ1n) is 9.12. The molecule has 4 rings (SSSR count). The normalized spacial score (nSPS) is 15.6. The number of hydrogen-bond donors (Lipinski definition) is 2. The van der Waals surface area contributed by atoms with Gasteiger partial charge in [0.05, 0.1) is 11.0 Å². The molecule has 1 aliphatic heterocycles. The van der Waals surface area contributed by atoms with Crippen molar-refractivity contribution in [2.24, 2.45) is 18.9 Å². The molecule has 0 saturated carbocycles. The van der Waals surface area contributed by atoms with Gasteiger partial charge in [0, 0.05) is 13.0 Å². The summed E-state index contributed by atoms with van der Waals surface area (Å²) in [6, 6.07) is 17.9. The van der Waals surface area contributed by atoms with Crippen LogP contribution in [0.3, 0.4) is 0 Å². The maximum atomic E-state index is 12.9. The van der Waals surface area contributed by atoms with Crippen LogP contribution in [0.15, 0.2) is 54.6 Å². The fourth-order valence-corrected chi connectivity index (χ4v) is 3.52. The van der Waals surface area contributed by atoms with Gasteiger partial charge in [0.2, 0.25) is 5.91 Å². The average molecular weight is 421 g/mol. The van der Waals surface area contributed by atoms with Gasteiger partial charge in [0.1, 0.15) is 11.9 Å². The quantitative estimate of drug-likeness (QED) is 0.663. The summed E-state index contributed by atoms with van der Waals surface area (Å²) in [6.45, 7) is 3.84. The Hall–Kier alpha value is -2.08. The van der Waals surface area contributed by atoms with Crippen molar-refractivity contribution < 1.29 is 4.79 Å². The van der Waals surface area contributed by atoms with Gasteiger partial charge in [-0.25, -0.2) is 4.98 Å². The molecule has 2 unspecified atom stereocenters. The van der Waals surface area contributed by atoms with Crippen molar-refractivity contribution in [2.75, 3.05) is 13.1 Å². The number of aryl methyl sites for hydroxylation is 1. The molecule has 0 bridgehead atoms. The minimum absolute atomic E-state index is 0. The highest BCUT2D eigenvalue weighted by Crippen LogP contribution is 2.26. The van der Waals surface area contributed by atoms with Gasteiger partial charge >= 0.3 is 0 Å². The number of para-hydroxylation sites is 2. The predicted molar refractivity (Wildman–Crippen MR) is 117 cm³/mol. The second kappa shape index (κ2) is 9.41. The van der Waals surface area contributed by atoms with Crippen molar-refractivity contribution in [1.29, 1.82) is 0 Å². The van der Waals surface area contributed by atoms with Crippen LogP contribution < -0.4 is 10.6 Å². The number of carbonyl (C=O) groups is 1. The number of benzene rings is 2. The average Bonchev–Trinajstić information content (AvgIpc) is 2.95. The van der Waals surface area contributed by atoms with E-state index >= 15 is 0 Å². The van der Waals surface area contributed by atoms with Gasteiger partial charge in [0.15, 0.2) is 0 Å². The minimum atomic E-state index is -0.267. The summed E-state index contributed by atoms with van der Waals surface area (Å²) in [4.78, 5) is 17.7. The van der Waals surface area contributed by atoms with Gasteiger partial charge in [-0.3, -0.25) is 4.79 Å². The highest BCUT2D eigenvalue weighted by molar-refractivity contribution is 5.85. The lowest BCUT2D eigenvalue weighted by molar-refractivity contribution is -0.127.